The number of nitrogens with one attached hydrogen (secondary N) is 1. The summed E-state index contributed by atoms with van der Waals surface area (Å²) < 4.78 is 0.808. The molecule has 0 radical (unpaired) electrons. The molecule has 6 heteroatoms. The van der Waals surface area contributed by atoms with Crippen molar-refractivity contribution in [1.29, 1.82) is 0 Å². The summed E-state index contributed by atoms with van der Waals surface area (Å²) in [5.74, 6) is -0.226. The van der Waals surface area contributed by atoms with Gasteiger partial charge in [-0.3, -0.25) is 4.79 Å². The van der Waals surface area contributed by atoms with Gasteiger partial charge < -0.3 is 11.1 Å². The van der Waals surface area contributed by atoms with Crippen LogP contribution in [0.4, 0.5) is 0 Å². The smallest absolute Gasteiger partial charge is 0.253 e. The minimum absolute atomic E-state index is 0.226. The number of thiocarbonyl (C=S) groups is 1. The summed E-state index contributed by atoms with van der Waals surface area (Å²) in [4.78, 5) is 12.9. The molecule has 0 saturated heterocycles. The van der Waals surface area contributed by atoms with E-state index in [1.165, 1.54) is 0 Å². The summed E-state index contributed by atoms with van der Waals surface area (Å²) in [6.45, 7) is 0. The first-order valence-electron chi connectivity index (χ1n) is 7.02. The molecular weight excluding hydrogens is 372 g/mol. The molecule has 114 valence electrons. The summed E-state index contributed by atoms with van der Waals surface area (Å²) >= 11 is 14.7. The van der Waals surface area contributed by atoms with Crippen molar-refractivity contribution in [3.05, 3.63) is 33.3 Å². The van der Waals surface area contributed by atoms with Crippen LogP contribution in [-0.4, -0.2) is 16.4 Å². The highest BCUT2D eigenvalue weighted by atomic mass is 79.9. The number of nitrogens with two attached hydrogens (primary N) is 1. The Kier molecular flexibility index (Phi) is 5.63. The maximum atomic E-state index is 12.6. The number of carbonyl (C=O) groups is 1. The van der Waals surface area contributed by atoms with Crippen LogP contribution in [0.2, 0.25) is 5.02 Å². The Morgan fingerprint density at radius 1 is 1.29 bits per heavy atom. The second-order valence-corrected chi connectivity index (χ2v) is 7.20. The number of carbonyl (C=O) groups excluding carboxylic acids is 1. The van der Waals surface area contributed by atoms with E-state index in [4.69, 9.17) is 29.6 Å². The molecule has 1 aliphatic rings. The monoisotopic (exact) mass is 388 g/mol. The predicted molar refractivity (Wildman–Crippen MR) is 93.8 cm³/mol. The summed E-state index contributed by atoms with van der Waals surface area (Å²) in [5.41, 5.74) is 5.79. The van der Waals surface area contributed by atoms with Crippen molar-refractivity contribution in [2.24, 2.45) is 5.73 Å². The lowest BCUT2D eigenvalue weighted by Crippen LogP contribution is -2.56. The molecule has 0 bridgehead atoms. The Labute approximate surface area is 143 Å². The van der Waals surface area contributed by atoms with E-state index in [2.05, 4.69) is 21.2 Å². The minimum Gasteiger partial charge on any atom is -0.391 e. The fourth-order valence-corrected chi connectivity index (χ4v) is 3.54. The fourth-order valence-electron chi connectivity index (χ4n) is 2.72. The Balaban J connectivity index is 2.26. The number of hydrogen-bond donors (Lipinski definition) is 2. The van der Waals surface area contributed by atoms with E-state index in [0.29, 0.717) is 15.6 Å². The molecule has 1 aromatic carbocycles. The van der Waals surface area contributed by atoms with Crippen LogP contribution < -0.4 is 11.1 Å². The van der Waals surface area contributed by atoms with E-state index in [1.54, 1.807) is 18.2 Å². The Morgan fingerprint density at radius 2 is 1.90 bits per heavy atom. The van der Waals surface area contributed by atoms with Gasteiger partial charge in [-0.25, -0.2) is 0 Å². The summed E-state index contributed by atoms with van der Waals surface area (Å²) in [5, 5.41) is 3.46. The predicted octanol–water partition coefficient (Wildman–Crippen LogP) is 4.21. The van der Waals surface area contributed by atoms with Crippen molar-refractivity contribution in [3.63, 3.8) is 0 Å². The maximum Gasteiger partial charge on any atom is 0.253 e. The van der Waals surface area contributed by atoms with Gasteiger partial charge in [0.2, 0.25) is 0 Å². The van der Waals surface area contributed by atoms with Crippen LogP contribution >= 0.6 is 39.7 Å². The molecular formula is C15H18BrClN2OS. The molecule has 1 amide bonds. The lowest BCUT2D eigenvalue weighted by molar-refractivity contribution is 0.0917. The van der Waals surface area contributed by atoms with Crippen molar-refractivity contribution in [2.45, 2.75) is 44.1 Å². The van der Waals surface area contributed by atoms with Crippen molar-refractivity contribution in [1.82, 2.24) is 5.32 Å². The third kappa shape index (κ3) is 3.96. The van der Waals surface area contributed by atoms with Gasteiger partial charge in [-0.15, -0.1) is 0 Å². The van der Waals surface area contributed by atoms with Gasteiger partial charge >= 0.3 is 0 Å². The maximum absolute atomic E-state index is 12.6. The lowest BCUT2D eigenvalue weighted by atomic mass is 9.89. The van der Waals surface area contributed by atoms with Crippen molar-refractivity contribution in [3.8, 4) is 0 Å². The van der Waals surface area contributed by atoms with E-state index in [1.807, 2.05) is 0 Å². The van der Waals surface area contributed by atoms with E-state index in [0.717, 1.165) is 43.0 Å². The first-order chi connectivity index (χ1) is 9.94. The number of hydrogen-bond acceptors (Lipinski definition) is 2. The second kappa shape index (κ2) is 7.07. The van der Waals surface area contributed by atoms with Crippen LogP contribution in [-0.2, 0) is 0 Å². The van der Waals surface area contributed by atoms with Crippen molar-refractivity contribution in [2.75, 3.05) is 0 Å². The topological polar surface area (TPSA) is 55.1 Å². The molecule has 3 N–H and O–H groups in total. The van der Waals surface area contributed by atoms with Gasteiger partial charge in [0.05, 0.1) is 21.1 Å². The summed E-state index contributed by atoms with van der Waals surface area (Å²) in [6.07, 6.45) is 5.92. The van der Waals surface area contributed by atoms with Crippen LogP contribution in [0.25, 0.3) is 0 Å². The normalized spacial score (nSPS) is 17.8. The van der Waals surface area contributed by atoms with Gasteiger partial charge in [0.25, 0.3) is 5.91 Å². The fraction of sp³-hybridized carbons (Fsp3) is 0.467. The number of amides is 1. The van der Waals surface area contributed by atoms with Crippen LogP contribution in [0.15, 0.2) is 22.7 Å². The minimum atomic E-state index is -0.589. The zero-order valence-corrected chi connectivity index (χ0v) is 14.8. The highest BCUT2D eigenvalue weighted by Gasteiger charge is 2.36. The highest BCUT2D eigenvalue weighted by molar-refractivity contribution is 9.10. The summed E-state index contributed by atoms with van der Waals surface area (Å²) in [7, 11) is 0. The molecule has 1 aromatic rings. The second-order valence-electron chi connectivity index (χ2n) is 5.44. The Bertz CT molecular complexity index is 557. The standard InChI is InChI=1S/C15H18BrClN2OS/c16-10-5-6-12(17)11(9-10)13(20)19-15(14(18)21)7-3-1-2-4-8-15/h5-6,9H,1-4,7-8H2,(H2,18,21)(H,19,20). The highest BCUT2D eigenvalue weighted by Crippen LogP contribution is 2.29. The van der Waals surface area contributed by atoms with Gasteiger partial charge in [-0.2, -0.15) is 0 Å². The van der Waals surface area contributed by atoms with E-state index in [9.17, 15) is 4.79 Å². The van der Waals surface area contributed by atoms with Crippen molar-refractivity contribution < 1.29 is 4.79 Å². The van der Waals surface area contributed by atoms with Gasteiger partial charge in [0.1, 0.15) is 0 Å². The molecule has 1 fully saturated rings. The SMILES string of the molecule is NC(=S)C1(NC(=O)c2cc(Br)ccc2Cl)CCCCCC1. The molecule has 0 aromatic heterocycles. The zero-order chi connectivity index (χ0) is 15.5. The van der Waals surface area contributed by atoms with Gasteiger partial charge in [-0.05, 0) is 31.0 Å². The number of benzene rings is 1. The van der Waals surface area contributed by atoms with Crippen LogP contribution in [0.3, 0.4) is 0 Å². The molecule has 0 heterocycles. The molecule has 0 spiro atoms. The molecule has 1 aliphatic carbocycles. The third-order valence-electron chi connectivity index (χ3n) is 3.95. The first kappa shape index (κ1) is 16.7. The molecule has 3 nitrogen and oxygen atoms in total. The Hall–Kier alpha value is -0.650. The summed E-state index contributed by atoms with van der Waals surface area (Å²) in [6, 6.07) is 5.21. The van der Waals surface area contributed by atoms with Gasteiger partial charge in [0.15, 0.2) is 0 Å². The Morgan fingerprint density at radius 3 is 2.48 bits per heavy atom. The average Bonchev–Trinajstić information content (AvgIpc) is 2.68. The van der Waals surface area contributed by atoms with Crippen LogP contribution in [0.5, 0.6) is 0 Å². The zero-order valence-electron chi connectivity index (χ0n) is 11.6. The van der Waals surface area contributed by atoms with Crippen LogP contribution in [0.1, 0.15) is 48.9 Å². The average molecular weight is 390 g/mol. The largest absolute Gasteiger partial charge is 0.391 e. The van der Waals surface area contributed by atoms with Crippen molar-refractivity contribution >= 4 is 50.6 Å². The molecule has 2 rings (SSSR count). The quantitative estimate of drug-likeness (QED) is 0.601. The van der Waals surface area contributed by atoms with E-state index in [-0.39, 0.29) is 5.91 Å². The molecule has 0 unspecified atom stereocenters. The van der Waals surface area contributed by atoms with E-state index < -0.39 is 5.54 Å². The molecule has 1 saturated carbocycles. The van der Waals surface area contributed by atoms with Crippen LogP contribution in [0, 0.1) is 0 Å². The molecule has 21 heavy (non-hydrogen) atoms. The molecule has 0 atom stereocenters. The molecule has 0 aliphatic heterocycles. The number of halogens is 2. The van der Waals surface area contributed by atoms with Gasteiger partial charge in [-0.1, -0.05) is 65.4 Å². The van der Waals surface area contributed by atoms with Gasteiger partial charge in [0, 0.05) is 4.47 Å². The lowest BCUT2D eigenvalue weighted by Gasteiger charge is -2.33. The first-order valence-corrected chi connectivity index (χ1v) is 8.60. The third-order valence-corrected chi connectivity index (χ3v) is 5.17. The van der Waals surface area contributed by atoms with E-state index >= 15 is 0 Å². The number of rotatable bonds is 3.